The second-order valence-electron chi connectivity index (χ2n) is 8.49. The zero-order valence-electron chi connectivity index (χ0n) is 18.9. The summed E-state index contributed by atoms with van der Waals surface area (Å²) in [4.78, 5) is 0. The lowest BCUT2D eigenvalue weighted by Crippen LogP contribution is -2.11. The van der Waals surface area contributed by atoms with Crippen LogP contribution in [0.1, 0.15) is 39.8 Å². The number of aromatic hydroxyl groups is 4. The minimum absolute atomic E-state index is 0.0157. The quantitative estimate of drug-likeness (QED) is 0.270. The fraction of sp³-hybridized carbons (Fsp3) is 0.103. The molecule has 2 unspecified atom stereocenters. The summed E-state index contributed by atoms with van der Waals surface area (Å²) < 4.78 is 11.7. The molecule has 5 rings (SSSR count). The highest BCUT2D eigenvalue weighted by Crippen LogP contribution is 2.51. The van der Waals surface area contributed by atoms with Crippen LogP contribution in [0.25, 0.3) is 12.2 Å². The summed E-state index contributed by atoms with van der Waals surface area (Å²) in [6.07, 6.45) is 3.30. The number of ether oxygens (including phenoxy) is 2. The van der Waals surface area contributed by atoms with Crippen molar-refractivity contribution in [1.82, 2.24) is 0 Å². The Morgan fingerprint density at radius 1 is 0.657 bits per heavy atom. The van der Waals surface area contributed by atoms with E-state index in [2.05, 4.69) is 0 Å². The Morgan fingerprint density at radius 3 is 1.89 bits per heavy atom. The van der Waals surface area contributed by atoms with Gasteiger partial charge in [0, 0.05) is 17.7 Å². The lowest BCUT2D eigenvalue weighted by molar-refractivity contribution is 0.222. The van der Waals surface area contributed by atoms with Gasteiger partial charge in [-0.1, -0.05) is 30.4 Å². The third kappa shape index (κ3) is 4.59. The summed E-state index contributed by atoms with van der Waals surface area (Å²) in [5.74, 6) is 1.08. The molecule has 0 amide bonds. The molecule has 0 aliphatic carbocycles. The van der Waals surface area contributed by atoms with Crippen LogP contribution in [0, 0.1) is 0 Å². The summed E-state index contributed by atoms with van der Waals surface area (Å²) in [6.45, 7) is 0. The van der Waals surface area contributed by atoms with Gasteiger partial charge in [0.05, 0.1) is 13.0 Å². The fourth-order valence-corrected chi connectivity index (χ4v) is 4.50. The molecule has 0 bridgehead atoms. The van der Waals surface area contributed by atoms with Gasteiger partial charge < -0.3 is 29.9 Å². The van der Waals surface area contributed by atoms with Crippen molar-refractivity contribution in [3.63, 3.8) is 0 Å². The van der Waals surface area contributed by atoms with Crippen molar-refractivity contribution in [2.75, 3.05) is 7.11 Å². The molecule has 4 aromatic rings. The summed E-state index contributed by atoms with van der Waals surface area (Å²) >= 11 is 0. The van der Waals surface area contributed by atoms with Gasteiger partial charge in [-0.15, -0.1) is 0 Å². The Labute approximate surface area is 202 Å². The van der Waals surface area contributed by atoms with Crippen molar-refractivity contribution in [1.29, 1.82) is 0 Å². The van der Waals surface area contributed by atoms with Crippen LogP contribution in [-0.4, -0.2) is 27.5 Å². The molecule has 0 saturated carbocycles. The second-order valence-corrected chi connectivity index (χ2v) is 8.49. The Balaban J connectivity index is 1.56. The lowest BCUT2D eigenvalue weighted by atomic mass is 9.84. The summed E-state index contributed by atoms with van der Waals surface area (Å²) in [5, 5.41) is 39.8. The minimum Gasteiger partial charge on any atom is -0.508 e. The third-order valence-electron chi connectivity index (χ3n) is 6.05. The van der Waals surface area contributed by atoms with Crippen LogP contribution < -0.4 is 9.47 Å². The molecule has 35 heavy (non-hydrogen) atoms. The van der Waals surface area contributed by atoms with Gasteiger partial charge in [0.15, 0.2) is 0 Å². The van der Waals surface area contributed by atoms with Gasteiger partial charge in [-0.3, -0.25) is 0 Å². The van der Waals surface area contributed by atoms with Crippen LogP contribution >= 0.6 is 0 Å². The molecule has 0 radical (unpaired) electrons. The van der Waals surface area contributed by atoms with Crippen LogP contribution in [0.2, 0.25) is 0 Å². The van der Waals surface area contributed by atoms with Crippen molar-refractivity contribution in [2.45, 2.75) is 12.0 Å². The predicted octanol–water partition coefficient (Wildman–Crippen LogP) is 5.95. The number of hydrogen-bond acceptors (Lipinski definition) is 6. The monoisotopic (exact) mass is 468 g/mol. The van der Waals surface area contributed by atoms with Crippen LogP contribution in [-0.2, 0) is 0 Å². The first-order valence-electron chi connectivity index (χ1n) is 11.1. The SMILES string of the molecule is COc1ccc(C2Oc3ccc(/C=C/c4cc(O)cc(O)c4)cc3C2c2cc(O)cc(O)c2)cc1. The smallest absolute Gasteiger partial charge is 0.135 e. The van der Waals surface area contributed by atoms with Gasteiger partial charge in [-0.05, 0) is 70.8 Å². The van der Waals surface area contributed by atoms with Crippen LogP contribution in [0.4, 0.5) is 0 Å². The van der Waals surface area contributed by atoms with E-state index in [0.717, 1.165) is 28.0 Å². The molecule has 1 aliphatic rings. The van der Waals surface area contributed by atoms with Gasteiger partial charge in [-0.2, -0.15) is 0 Å². The van der Waals surface area contributed by atoms with E-state index in [1.54, 1.807) is 37.5 Å². The van der Waals surface area contributed by atoms with E-state index >= 15 is 0 Å². The van der Waals surface area contributed by atoms with E-state index in [4.69, 9.17) is 9.47 Å². The molecule has 1 aliphatic heterocycles. The Bertz CT molecular complexity index is 1370. The zero-order chi connectivity index (χ0) is 24.5. The molecule has 0 spiro atoms. The number of phenols is 4. The Hall–Kier alpha value is -4.58. The van der Waals surface area contributed by atoms with Gasteiger partial charge in [0.25, 0.3) is 0 Å². The minimum atomic E-state index is -0.376. The molecule has 1 heterocycles. The van der Waals surface area contributed by atoms with Gasteiger partial charge in [0.2, 0.25) is 0 Å². The van der Waals surface area contributed by atoms with E-state index in [9.17, 15) is 20.4 Å². The van der Waals surface area contributed by atoms with Crippen molar-refractivity contribution < 1.29 is 29.9 Å². The van der Waals surface area contributed by atoms with Crippen molar-refractivity contribution in [3.05, 3.63) is 107 Å². The van der Waals surface area contributed by atoms with Crippen molar-refractivity contribution >= 4 is 12.2 Å². The first kappa shape index (κ1) is 22.2. The number of phenolic OH excluding ortho intramolecular Hbond substituents is 4. The molecular weight excluding hydrogens is 444 g/mol. The first-order chi connectivity index (χ1) is 16.9. The summed E-state index contributed by atoms with van der Waals surface area (Å²) in [5.41, 5.74) is 4.12. The van der Waals surface area contributed by atoms with Crippen molar-refractivity contribution in [3.8, 4) is 34.5 Å². The standard InChI is InChI=1S/C29H24O6/c1-34-25-7-5-19(6-8-25)29-28(20-13-23(32)16-24(33)14-20)26-12-17(4-9-27(26)35-29)2-3-18-10-21(30)15-22(31)11-18/h2-16,28-33H,1H3/b3-2+. The molecule has 176 valence electrons. The van der Waals surface area contributed by atoms with Gasteiger partial charge in [0.1, 0.15) is 40.6 Å². The zero-order valence-corrected chi connectivity index (χ0v) is 18.9. The Morgan fingerprint density at radius 2 is 1.26 bits per heavy atom. The average Bonchev–Trinajstić information content (AvgIpc) is 3.20. The van der Waals surface area contributed by atoms with E-state index in [1.165, 1.54) is 12.1 Å². The fourth-order valence-electron chi connectivity index (χ4n) is 4.50. The predicted molar refractivity (Wildman–Crippen MR) is 133 cm³/mol. The van der Waals surface area contributed by atoms with E-state index in [-0.39, 0.29) is 35.0 Å². The lowest BCUT2D eigenvalue weighted by Gasteiger charge is -2.21. The molecule has 4 N–H and O–H groups in total. The number of methoxy groups -OCH3 is 1. The molecule has 6 nitrogen and oxygen atoms in total. The molecule has 0 saturated heterocycles. The van der Waals surface area contributed by atoms with Crippen LogP contribution in [0.5, 0.6) is 34.5 Å². The number of benzene rings is 4. The maximum atomic E-state index is 10.2. The number of rotatable bonds is 5. The van der Waals surface area contributed by atoms with E-state index in [1.807, 2.05) is 48.5 Å². The highest BCUT2D eigenvalue weighted by molar-refractivity contribution is 5.72. The topological polar surface area (TPSA) is 99.4 Å². The largest absolute Gasteiger partial charge is 0.508 e. The molecule has 2 atom stereocenters. The van der Waals surface area contributed by atoms with Crippen LogP contribution in [0.15, 0.2) is 78.9 Å². The maximum absolute atomic E-state index is 10.2. The van der Waals surface area contributed by atoms with Gasteiger partial charge in [-0.25, -0.2) is 0 Å². The number of hydrogen-bond donors (Lipinski definition) is 4. The van der Waals surface area contributed by atoms with E-state index < -0.39 is 0 Å². The molecule has 0 aromatic heterocycles. The third-order valence-corrected chi connectivity index (χ3v) is 6.05. The van der Waals surface area contributed by atoms with Crippen molar-refractivity contribution in [2.24, 2.45) is 0 Å². The number of fused-ring (bicyclic) bond motifs is 1. The Kier molecular flexibility index (Phi) is 5.71. The summed E-state index contributed by atoms with van der Waals surface area (Å²) in [7, 11) is 1.61. The summed E-state index contributed by atoms with van der Waals surface area (Å²) in [6, 6.07) is 22.4. The van der Waals surface area contributed by atoms with E-state index in [0.29, 0.717) is 11.3 Å². The highest BCUT2D eigenvalue weighted by Gasteiger charge is 2.37. The molecular formula is C29H24O6. The van der Waals surface area contributed by atoms with Crippen LogP contribution in [0.3, 0.4) is 0 Å². The van der Waals surface area contributed by atoms with Gasteiger partial charge >= 0.3 is 0 Å². The maximum Gasteiger partial charge on any atom is 0.135 e. The molecule has 6 heteroatoms. The molecule has 0 fully saturated rings. The first-order valence-corrected chi connectivity index (χ1v) is 11.1. The molecule has 4 aromatic carbocycles. The second kappa shape index (κ2) is 8.99. The highest BCUT2D eigenvalue weighted by atomic mass is 16.5. The normalized spacial score (nSPS) is 16.7. The average molecular weight is 469 g/mol.